The van der Waals surface area contributed by atoms with Crippen LogP contribution < -0.4 is 16.8 Å². The first kappa shape index (κ1) is 24.0. The van der Waals surface area contributed by atoms with E-state index in [2.05, 4.69) is 46.0 Å². The third kappa shape index (κ3) is 8.62. The number of aliphatic imine (C=N–C) groups is 2. The molecule has 2 amide bonds. The number of likely N-dealkylation sites (N-methyl/N-ethyl adjacent to an activating group) is 1. The molecule has 2 rings (SSSR count). The molecule has 1 unspecified atom stereocenters. The van der Waals surface area contributed by atoms with Crippen molar-refractivity contribution in [1.82, 2.24) is 15.1 Å². The molecule has 168 valence electrons. The molecule has 0 aromatic carbocycles. The molecule has 0 bridgehead atoms. The molecular weight excluding hydrogens is 382 g/mol. The van der Waals surface area contributed by atoms with Gasteiger partial charge in [0.2, 0.25) is 5.91 Å². The summed E-state index contributed by atoms with van der Waals surface area (Å²) in [5, 5.41) is 2.47. The van der Waals surface area contributed by atoms with Crippen LogP contribution in [0.3, 0.4) is 0 Å². The van der Waals surface area contributed by atoms with Crippen LogP contribution >= 0.6 is 0 Å². The van der Waals surface area contributed by atoms with Gasteiger partial charge >= 0.3 is 0 Å². The first-order valence-electron chi connectivity index (χ1n) is 10.8. The van der Waals surface area contributed by atoms with Gasteiger partial charge in [-0.05, 0) is 32.2 Å². The Labute approximate surface area is 179 Å². The van der Waals surface area contributed by atoms with E-state index in [4.69, 9.17) is 11.5 Å². The van der Waals surface area contributed by atoms with Crippen LogP contribution in [0.15, 0.2) is 21.8 Å². The number of imide groups is 1. The number of carbonyl (C=O) groups excluding carboxylic acids is 2. The van der Waals surface area contributed by atoms with Gasteiger partial charge in [0, 0.05) is 63.1 Å². The number of piperazine rings is 1. The van der Waals surface area contributed by atoms with Crippen LogP contribution in [-0.4, -0.2) is 79.1 Å². The van der Waals surface area contributed by atoms with Crippen molar-refractivity contribution < 1.29 is 9.59 Å². The molecule has 0 radical (unpaired) electrons. The summed E-state index contributed by atoms with van der Waals surface area (Å²) >= 11 is 0. The molecule has 2 heterocycles. The van der Waals surface area contributed by atoms with Crippen molar-refractivity contribution in [1.29, 1.82) is 0 Å². The Balaban J connectivity index is 1.72. The molecule has 0 aromatic heterocycles. The molecule has 1 atom stereocenters. The quantitative estimate of drug-likeness (QED) is 0.348. The van der Waals surface area contributed by atoms with E-state index in [9.17, 15) is 9.59 Å². The summed E-state index contributed by atoms with van der Waals surface area (Å²) in [6.07, 6.45) is 4.57. The zero-order chi connectivity index (χ0) is 22.1. The van der Waals surface area contributed by atoms with Crippen LogP contribution in [0.1, 0.15) is 46.0 Å². The number of nitrogens with zero attached hydrogens (tertiary/aromatic N) is 4. The van der Waals surface area contributed by atoms with Crippen molar-refractivity contribution >= 4 is 23.5 Å². The van der Waals surface area contributed by atoms with Gasteiger partial charge in [0.1, 0.15) is 0 Å². The Kier molecular flexibility index (Phi) is 9.45. The third-order valence-corrected chi connectivity index (χ3v) is 5.46. The van der Waals surface area contributed by atoms with Crippen LogP contribution in [0.5, 0.6) is 0 Å². The average Bonchev–Trinajstić information content (AvgIpc) is 3.14. The normalized spacial score (nSPS) is 18.7. The van der Waals surface area contributed by atoms with Crippen molar-refractivity contribution in [3.05, 3.63) is 11.8 Å². The van der Waals surface area contributed by atoms with Crippen molar-refractivity contribution in [3.63, 3.8) is 0 Å². The van der Waals surface area contributed by atoms with E-state index in [1.807, 2.05) is 0 Å². The zero-order valence-corrected chi connectivity index (χ0v) is 18.6. The van der Waals surface area contributed by atoms with E-state index in [0.717, 1.165) is 51.3 Å². The molecule has 9 heteroatoms. The summed E-state index contributed by atoms with van der Waals surface area (Å²) in [6.45, 7) is 9.12. The van der Waals surface area contributed by atoms with Gasteiger partial charge in [0.05, 0.1) is 6.04 Å². The lowest BCUT2D eigenvalue weighted by atomic mass is 10.0. The van der Waals surface area contributed by atoms with E-state index in [1.165, 1.54) is 0 Å². The number of guanidine groups is 1. The van der Waals surface area contributed by atoms with Crippen molar-refractivity contribution in [3.8, 4) is 0 Å². The fourth-order valence-electron chi connectivity index (χ4n) is 3.56. The topological polar surface area (TPSA) is 129 Å². The molecule has 1 saturated heterocycles. The van der Waals surface area contributed by atoms with E-state index in [-0.39, 0.29) is 30.2 Å². The van der Waals surface area contributed by atoms with Crippen LogP contribution in [0.2, 0.25) is 0 Å². The van der Waals surface area contributed by atoms with Gasteiger partial charge < -0.3 is 16.4 Å². The predicted molar refractivity (Wildman–Crippen MR) is 120 cm³/mol. The Morgan fingerprint density at radius 1 is 1.17 bits per heavy atom. The molecule has 0 saturated carbocycles. The largest absolute Gasteiger partial charge is 0.370 e. The summed E-state index contributed by atoms with van der Waals surface area (Å²) < 4.78 is 0. The van der Waals surface area contributed by atoms with E-state index in [1.54, 1.807) is 6.20 Å². The van der Waals surface area contributed by atoms with Crippen LogP contribution in [0.4, 0.5) is 0 Å². The SMILES string of the molecule is CC(C)CCC(CCC(=O)NC(=O)C1=CN=C(CN2CCN(C)CC2)C1)N=C(N)N. The van der Waals surface area contributed by atoms with E-state index >= 15 is 0 Å². The molecule has 0 aromatic rings. The zero-order valence-electron chi connectivity index (χ0n) is 18.6. The van der Waals surface area contributed by atoms with E-state index < -0.39 is 0 Å². The molecule has 30 heavy (non-hydrogen) atoms. The molecule has 0 spiro atoms. The number of nitrogens with two attached hydrogens (primary N) is 2. The summed E-state index contributed by atoms with van der Waals surface area (Å²) in [6, 6.07) is -0.109. The molecule has 9 nitrogen and oxygen atoms in total. The van der Waals surface area contributed by atoms with Crippen LogP contribution in [-0.2, 0) is 9.59 Å². The summed E-state index contributed by atoms with van der Waals surface area (Å²) in [4.78, 5) is 37.9. The maximum Gasteiger partial charge on any atom is 0.255 e. The minimum Gasteiger partial charge on any atom is -0.370 e. The number of hydrogen-bond acceptors (Lipinski definition) is 6. The maximum atomic E-state index is 12.4. The molecule has 2 aliphatic heterocycles. The van der Waals surface area contributed by atoms with Gasteiger partial charge in [-0.25, -0.2) is 0 Å². The highest BCUT2D eigenvalue weighted by molar-refractivity contribution is 6.09. The molecule has 2 aliphatic rings. The second-order valence-corrected chi connectivity index (χ2v) is 8.70. The first-order chi connectivity index (χ1) is 14.2. The summed E-state index contributed by atoms with van der Waals surface area (Å²) in [5.74, 6) is -0.112. The number of hydrogen-bond donors (Lipinski definition) is 3. The minimum absolute atomic E-state index is 0.0291. The standard InChI is InChI=1S/C21H37N7O2/c1-15(2)4-5-17(25-21(22)23)6-7-19(29)26-20(30)16-12-18(24-13-16)14-28-10-8-27(3)9-11-28/h13,15,17H,4-12,14H2,1-3H3,(H4,22,23,25)(H,26,29,30). The highest BCUT2D eigenvalue weighted by Gasteiger charge is 2.22. The Morgan fingerprint density at radius 3 is 2.50 bits per heavy atom. The number of rotatable bonds is 10. The maximum absolute atomic E-state index is 12.4. The van der Waals surface area contributed by atoms with Crippen molar-refractivity contribution in [2.45, 2.75) is 52.0 Å². The molecule has 5 N–H and O–H groups in total. The van der Waals surface area contributed by atoms with Gasteiger partial charge in [0.15, 0.2) is 5.96 Å². The van der Waals surface area contributed by atoms with Crippen molar-refractivity contribution in [2.75, 3.05) is 39.8 Å². The lowest BCUT2D eigenvalue weighted by molar-refractivity contribution is -0.128. The Morgan fingerprint density at radius 2 is 1.87 bits per heavy atom. The Bertz CT molecular complexity index is 687. The monoisotopic (exact) mass is 419 g/mol. The number of carbonyl (C=O) groups is 2. The molecule has 1 fully saturated rings. The van der Waals surface area contributed by atoms with Crippen molar-refractivity contribution in [2.24, 2.45) is 27.4 Å². The highest BCUT2D eigenvalue weighted by Crippen LogP contribution is 2.16. The molecular formula is C21H37N7O2. The number of nitrogens with one attached hydrogen (secondary N) is 1. The van der Waals surface area contributed by atoms with Gasteiger partial charge in [-0.1, -0.05) is 13.8 Å². The van der Waals surface area contributed by atoms with E-state index in [0.29, 0.717) is 24.3 Å². The smallest absolute Gasteiger partial charge is 0.255 e. The summed E-state index contributed by atoms with van der Waals surface area (Å²) in [5.41, 5.74) is 12.5. The van der Waals surface area contributed by atoms with Gasteiger partial charge in [0.25, 0.3) is 5.91 Å². The third-order valence-electron chi connectivity index (χ3n) is 5.46. The lowest BCUT2D eigenvalue weighted by Gasteiger charge is -2.32. The predicted octanol–water partition coefficient (Wildman–Crippen LogP) is 0.464. The minimum atomic E-state index is -0.363. The second kappa shape index (κ2) is 11.8. The first-order valence-corrected chi connectivity index (χ1v) is 10.8. The van der Waals surface area contributed by atoms with Gasteiger partial charge in [-0.15, -0.1) is 0 Å². The highest BCUT2D eigenvalue weighted by atomic mass is 16.2. The fourth-order valence-corrected chi connectivity index (χ4v) is 3.56. The lowest BCUT2D eigenvalue weighted by Crippen LogP contribution is -2.46. The average molecular weight is 420 g/mol. The van der Waals surface area contributed by atoms with Gasteiger partial charge in [-0.2, -0.15) is 0 Å². The van der Waals surface area contributed by atoms with Crippen LogP contribution in [0, 0.1) is 5.92 Å². The molecule has 0 aliphatic carbocycles. The summed E-state index contributed by atoms with van der Waals surface area (Å²) in [7, 11) is 2.12. The van der Waals surface area contributed by atoms with Crippen LogP contribution in [0.25, 0.3) is 0 Å². The Hall–Kier alpha value is -2.26. The fraction of sp³-hybridized carbons (Fsp3) is 0.714. The number of amides is 2. The second-order valence-electron chi connectivity index (χ2n) is 8.70. The van der Waals surface area contributed by atoms with Gasteiger partial charge in [-0.3, -0.25) is 29.8 Å².